The molecule has 0 aliphatic rings. The molecule has 0 radical (unpaired) electrons. The highest BCUT2D eigenvalue weighted by atomic mass is 16.5. The van der Waals surface area contributed by atoms with Crippen LogP contribution in [0.3, 0.4) is 0 Å². The number of carbonyl (C=O) groups is 1. The third-order valence-electron chi connectivity index (χ3n) is 1.62. The molecule has 1 unspecified atom stereocenters. The summed E-state index contributed by atoms with van der Waals surface area (Å²) in [6.45, 7) is 1.25. The predicted molar refractivity (Wildman–Crippen MR) is 46.6 cm³/mol. The van der Waals surface area contributed by atoms with Crippen LogP contribution in [0.2, 0.25) is 0 Å². The average Bonchev–Trinajstić information content (AvgIpc) is 2.14. The Morgan fingerprint density at radius 1 is 1.62 bits per heavy atom. The molecule has 0 spiro atoms. The second kappa shape index (κ2) is 5.55. The summed E-state index contributed by atoms with van der Waals surface area (Å²) in [6, 6.07) is 0. The van der Waals surface area contributed by atoms with Gasteiger partial charge in [0.1, 0.15) is 5.70 Å². The molecule has 4 N–H and O–H groups in total. The van der Waals surface area contributed by atoms with Gasteiger partial charge < -0.3 is 20.7 Å². The minimum absolute atomic E-state index is 0.0185. The highest BCUT2D eigenvalue weighted by molar-refractivity contribution is 5.88. The Labute approximate surface area is 76.8 Å². The normalized spacial score (nSPS) is 14.8. The zero-order chi connectivity index (χ0) is 10.4. The molecule has 0 aliphatic heterocycles. The molecule has 0 aromatic heterocycles. The number of nitrogens with two attached hydrogens (primary N) is 1. The maximum atomic E-state index is 10.9. The number of hydrogen-bond acceptors (Lipinski definition) is 5. The van der Waals surface area contributed by atoms with Crippen LogP contribution in [0.25, 0.3) is 0 Å². The van der Waals surface area contributed by atoms with Crippen molar-refractivity contribution < 1.29 is 19.7 Å². The number of aliphatic hydroxyl groups excluding tert-OH is 2. The van der Waals surface area contributed by atoms with Crippen LogP contribution < -0.4 is 5.73 Å². The van der Waals surface area contributed by atoms with E-state index in [1.165, 1.54) is 7.11 Å². The second-order valence-electron chi connectivity index (χ2n) is 2.73. The van der Waals surface area contributed by atoms with Gasteiger partial charge in [-0.1, -0.05) is 0 Å². The molecule has 0 heterocycles. The molecule has 0 aromatic rings. The first-order chi connectivity index (χ1) is 6.02. The standard InChI is InChI=1S/C8H15NO4/c1-5(3-6(11)4-10)7(9)8(12)13-2/h6,10-11H,3-4,9H2,1-2H3. The van der Waals surface area contributed by atoms with Crippen LogP contribution in [0.5, 0.6) is 0 Å². The molecular formula is C8H15NO4. The van der Waals surface area contributed by atoms with Crippen molar-refractivity contribution in [3.8, 4) is 0 Å². The van der Waals surface area contributed by atoms with Crippen LogP contribution in [0.1, 0.15) is 13.3 Å². The number of rotatable bonds is 4. The minimum atomic E-state index is -0.886. The Bertz CT molecular complexity index is 212. The van der Waals surface area contributed by atoms with Crippen molar-refractivity contribution in [1.82, 2.24) is 0 Å². The summed E-state index contributed by atoms with van der Waals surface area (Å²) in [5.41, 5.74) is 5.88. The Hall–Kier alpha value is -1.07. The Kier molecular flexibility index (Phi) is 5.10. The molecule has 0 aromatic carbocycles. The van der Waals surface area contributed by atoms with Gasteiger partial charge >= 0.3 is 5.97 Å². The van der Waals surface area contributed by atoms with Crippen molar-refractivity contribution in [2.45, 2.75) is 19.4 Å². The van der Waals surface area contributed by atoms with Gasteiger partial charge in [0.15, 0.2) is 0 Å². The Balaban J connectivity index is 4.35. The van der Waals surface area contributed by atoms with Crippen LogP contribution in [-0.2, 0) is 9.53 Å². The molecule has 5 nitrogen and oxygen atoms in total. The molecule has 5 heteroatoms. The molecular weight excluding hydrogens is 174 g/mol. The molecule has 0 bridgehead atoms. The summed E-state index contributed by atoms with van der Waals surface area (Å²) in [4.78, 5) is 10.9. The summed E-state index contributed by atoms with van der Waals surface area (Å²) in [6.07, 6.45) is -0.722. The van der Waals surface area contributed by atoms with Crippen LogP contribution in [0.4, 0.5) is 0 Å². The number of hydrogen-bond donors (Lipinski definition) is 3. The van der Waals surface area contributed by atoms with Gasteiger partial charge in [-0.25, -0.2) is 4.79 Å². The van der Waals surface area contributed by atoms with E-state index in [1.807, 2.05) is 0 Å². The van der Waals surface area contributed by atoms with E-state index in [2.05, 4.69) is 4.74 Å². The molecule has 1 atom stereocenters. The van der Waals surface area contributed by atoms with Gasteiger partial charge in [-0.3, -0.25) is 0 Å². The van der Waals surface area contributed by atoms with E-state index >= 15 is 0 Å². The first kappa shape index (κ1) is 11.9. The summed E-state index contributed by atoms with van der Waals surface area (Å²) in [5, 5.41) is 17.6. The molecule has 0 saturated heterocycles. The van der Waals surface area contributed by atoms with Crippen LogP contribution in [0, 0.1) is 0 Å². The van der Waals surface area contributed by atoms with E-state index in [0.29, 0.717) is 5.57 Å². The largest absolute Gasteiger partial charge is 0.464 e. The highest BCUT2D eigenvalue weighted by Crippen LogP contribution is 2.08. The van der Waals surface area contributed by atoms with Crippen LogP contribution in [0.15, 0.2) is 11.3 Å². The summed E-state index contributed by atoms with van der Waals surface area (Å²) < 4.78 is 4.38. The van der Waals surface area contributed by atoms with Gasteiger partial charge in [-0.05, 0) is 18.9 Å². The van der Waals surface area contributed by atoms with Crippen molar-refractivity contribution in [2.24, 2.45) is 5.73 Å². The number of esters is 1. The fourth-order valence-electron chi connectivity index (χ4n) is 0.812. The summed E-state index contributed by atoms with van der Waals surface area (Å²) in [7, 11) is 1.23. The molecule has 13 heavy (non-hydrogen) atoms. The van der Waals surface area contributed by atoms with E-state index < -0.39 is 12.1 Å². The third kappa shape index (κ3) is 3.91. The lowest BCUT2D eigenvalue weighted by Gasteiger charge is -2.09. The molecule has 0 aliphatic carbocycles. The minimum Gasteiger partial charge on any atom is -0.464 e. The van der Waals surface area contributed by atoms with Gasteiger partial charge in [-0.15, -0.1) is 0 Å². The molecule has 0 rings (SSSR count). The lowest BCUT2D eigenvalue weighted by Crippen LogP contribution is -2.19. The SMILES string of the molecule is COC(=O)C(N)=C(C)CC(O)CO. The monoisotopic (exact) mass is 189 g/mol. The van der Waals surface area contributed by atoms with Crippen molar-refractivity contribution in [2.75, 3.05) is 13.7 Å². The summed E-state index contributed by atoms with van der Waals surface area (Å²) >= 11 is 0. The van der Waals surface area contributed by atoms with Crippen molar-refractivity contribution in [3.05, 3.63) is 11.3 Å². The van der Waals surface area contributed by atoms with Crippen molar-refractivity contribution in [1.29, 1.82) is 0 Å². The highest BCUT2D eigenvalue weighted by Gasteiger charge is 2.11. The fourth-order valence-corrected chi connectivity index (χ4v) is 0.812. The zero-order valence-electron chi connectivity index (χ0n) is 7.78. The van der Waals surface area contributed by atoms with Gasteiger partial charge in [0.25, 0.3) is 0 Å². The number of ether oxygens (including phenoxy) is 1. The van der Waals surface area contributed by atoms with Gasteiger partial charge in [0.05, 0.1) is 19.8 Å². The molecule has 0 saturated carbocycles. The van der Waals surface area contributed by atoms with Crippen molar-refractivity contribution >= 4 is 5.97 Å². The van der Waals surface area contributed by atoms with Crippen LogP contribution >= 0.6 is 0 Å². The van der Waals surface area contributed by atoms with E-state index in [0.717, 1.165) is 0 Å². The average molecular weight is 189 g/mol. The lowest BCUT2D eigenvalue weighted by atomic mass is 10.1. The maximum Gasteiger partial charge on any atom is 0.353 e. The fraction of sp³-hybridized carbons (Fsp3) is 0.625. The number of aliphatic hydroxyl groups is 2. The quantitative estimate of drug-likeness (QED) is 0.395. The maximum absolute atomic E-state index is 10.9. The van der Waals surface area contributed by atoms with Gasteiger partial charge in [-0.2, -0.15) is 0 Å². The third-order valence-corrected chi connectivity index (χ3v) is 1.62. The first-order valence-corrected chi connectivity index (χ1v) is 3.85. The predicted octanol–water partition coefficient (Wildman–Crippen LogP) is -0.865. The Morgan fingerprint density at radius 3 is 2.54 bits per heavy atom. The number of methoxy groups -OCH3 is 1. The van der Waals surface area contributed by atoms with Crippen LogP contribution in [-0.4, -0.2) is 36.0 Å². The lowest BCUT2D eigenvalue weighted by molar-refractivity contribution is -0.136. The molecule has 0 fully saturated rings. The van der Waals surface area contributed by atoms with E-state index in [-0.39, 0.29) is 18.7 Å². The molecule has 0 amide bonds. The topological polar surface area (TPSA) is 92.8 Å². The second-order valence-corrected chi connectivity index (χ2v) is 2.73. The van der Waals surface area contributed by atoms with Gasteiger partial charge in [0, 0.05) is 0 Å². The van der Waals surface area contributed by atoms with E-state index in [9.17, 15) is 4.79 Å². The smallest absolute Gasteiger partial charge is 0.353 e. The zero-order valence-corrected chi connectivity index (χ0v) is 7.78. The first-order valence-electron chi connectivity index (χ1n) is 3.85. The van der Waals surface area contributed by atoms with Gasteiger partial charge in [0.2, 0.25) is 0 Å². The van der Waals surface area contributed by atoms with E-state index in [1.54, 1.807) is 6.92 Å². The molecule has 76 valence electrons. The summed E-state index contributed by atoms with van der Waals surface area (Å²) in [5.74, 6) is -0.623. The van der Waals surface area contributed by atoms with E-state index in [4.69, 9.17) is 15.9 Å². The van der Waals surface area contributed by atoms with Crippen molar-refractivity contribution in [3.63, 3.8) is 0 Å². The number of carbonyl (C=O) groups excluding carboxylic acids is 1. The Morgan fingerprint density at radius 2 is 2.15 bits per heavy atom.